The highest BCUT2D eigenvalue weighted by molar-refractivity contribution is 5.78. The minimum atomic E-state index is 0.272. The van der Waals surface area contributed by atoms with E-state index in [1.807, 2.05) is 13.0 Å². The van der Waals surface area contributed by atoms with Crippen LogP contribution in [0.2, 0.25) is 0 Å². The van der Waals surface area contributed by atoms with Crippen molar-refractivity contribution >= 4 is 5.91 Å². The predicted octanol–water partition coefficient (Wildman–Crippen LogP) is 2.65. The second-order valence-electron chi connectivity index (χ2n) is 3.98. The topological polar surface area (TPSA) is 29.1 Å². The zero-order valence-corrected chi connectivity index (χ0v) is 9.09. The molecule has 1 aliphatic carbocycles. The molecule has 0 aromatic rings. The summed E-state index contributed by atoms with van der Waals surface area (Å²) >= 11 is 0. The third-order valence-corrected chi connectivity index (χ3v) is 2.82. The standard InChI is InChI=1S/C12H21NO/c1-2-3-7-10-13-12(14)11-8-5-4-6-9-11/h2-3,11H,4-10H2,1H3,(H,13,14)/b3-2+. The maximum Gasteiger partial charge on any atom is 0.223 e. The second-order valence-corrected chi connectivity index (χ2v) is 3.98. The van der Waals surface area contributed by atoms with Gasteiger partial charge in [-0.2, -0.15) is 0 Å². The fraction of sp³-hybridized carbons (Fsp3) is 0.750. The molecule has 0 bridgehead atoms. The summed E-state index contributed by atoms with van der Waals surface area (Å²) in [5.74, 6) is 0.573. The van der Waals surface area contributed by atoms with Crippen LogP contribution in [-0.4, -0.2) is 12.5 Å². The Labute approximate surface area is 86.8 Å². The van der Waals surface area contributed by atoms with Crippen LogP contribution in [0.5, 0.6) is 0 Å². The van der Waals surface area contributed by atoms with E-state index >= 15 is 0 Å². The lowest BCUT2D eigenvalue weighted by Crippen LogP contribution is -2.32. The van der Waals surface area contributed by atoms with Gasteiger partial charge in [0.2, 0.25) is 5.91 Å². The number of carbonyl (C=O) groups excluding carboxylic acids is 1. The van der Waals surface area contributed by atoms with Crippen LogP contribution in [0, 0.1) is 5.92 Å². The first-order valence-corrected chi connectivity index (χ1v) is 5.73. The van der Waals surface area contributed by atoms with E-state index in [9.17, 15) is 4.79 Å². The van der Waals surface area contributed by atoms with Gasteiger partial charge in [-0.1, -0.05) is 31.4 Å². The summed E-state index contributed by atoms with van der Waals surface area (Å²) in [7, 11) is 0. The van der Waals surface area contributed by atoms with E-state index in [2.05, 4.69) is 11.4 Å². The minimum absolute atomic E-state index is 0.272. The van der Waals surface area contributed by atoms with E-state index < -0.39 is 0 Å². The van der Waals surface area contributed by atoms with E-state index in [0.717, 1.165) is 25.8 Å². The molecule has 1 saturated carbocycles. The molecule has 0 aromatic heterocycles. The lowest BCUT2D eigenvalue weighted by atomic mass is 9.89. The fourth-order valence-electron chi connectivity index (χ4n) is 1.95. The fourth-order valence-corrected chi connectivity index (χ4v) is 1.95. The van der Waals surface area contributed by atoms with Gasteiger partial charge in [0.1, 0.15) is 0 Å². The summed E-state index contributed by atoms with van der Waals surface area (Å²) < 4.78 is 0. The number of nitrogens with one attached hydrogen (secondary N) is 1. The van der Waals surface area contributed by atoms with Gasteiger partial charge in [-0.3, -0.25) is 4.79 Å². The number of hydrogen-bond donors (Lipinski definition) is 1. The molecule has 1 fully saturated rings. The van der Waals surface area contributed by atoms with Crippen LogP contribution in [0.15, 0.2) is 12.2 Å². The van der Waals surface area contributed by atoms with Crippen LogP contribution in [0.3, 0.4) is 0 Å². The molecule has 0 atom stereocenters. The van der Waals surface area contributed by atoms with E-state index in [1.54, 1.807) is 0 Å². The average Bonchev–Trinajstić information content (AvgIpc) is 2.25. The maximum atomic E-state index is 11.6. The Morgan fingerprint density at radius 2 is 2.07 bits per heavy atom. The summed E-state index contributed by atoms with van der Waals surface area (Å²) in [5.41, 5.74) is 0. The average molecular weight is 195 g/mol. The van der Waals surface area contributed by atoms with E-state index in [4.69, 9.17) is 0 Å². The Morgan fingerprint density at radius 3 is 2.71 bits per heavy atom. The van der Waals surface area contributed by atoms with E-state index in [1.165, 1.54) is 19.3 Å². The number of amides is 1. The molecule has 80 valence electrons. The number of hydrogen-bond acceptors (Lipinski definition) is 1. The molecule has 1 rings (SSSR count). The highest BCUT2D eigenvalue weighted by atomic mass is 16.1. The molecule has 0 aromatic carbocycles. The molecule has 1 N–H and O–H groups in total. The molecule has 2 nitrogen and oxygen atoms in total. The summed E-state index contributed by atoms with van der Waals surface area (Å²) in [5, 5.41) is 3.00. The van der Waals surface area contributed by atoms with Crippen molar-refractivity contribution in [2.75, 3.05) is 6.54 Å². The normalized spacial score (nSPS) is 18.6. The number of rotatable bonds is 4. The molecular weight excluding hydrogens is 174 g/mol. The molecule has 1 aliphatic rings. The molecule has 0 saturated heterocycles. The van der Waals surface area contributed by atoms with Crippen LogP contribution in [0.1, 0.15) is 45.4 Å². The predicted molar refractivity (Wildman–Crippen MR) is 59.0 cm³/mol. The van der Waals surface area contributed by atoms with Crippen molar-refractivity contribution < 1.29 is 4.79 Å². The van der Waals surface area contributed by atoms with E-state index in [-0.39, 0.29) is 5.91 Å². The van der Waals surface area contributed by atoms with Crippen molar-refractivity contribution in [2.45, 2.75) is 45.4 Å². The molecule has 0 heterocycles. The Kier molecular flexibility index (Phi) is 5.35. The lowest BCUT2D eigenvalue weighted by Gasteiger charge is -2.20. The molecule has 2 heteroatoms. The molecule has 14 heavy (non-hydrogen) atoms. The van der Waals surface area contributed by atoms with Crippen molar-refractivity contribution in [3.8, 4) is 0 Å². The molecule has 0 radical (unpaired) electrons. The first-order chi connectivity index (χ1) is 6.84. The van der Waals surface area contributed by atoms with Gasteiger partial charge in [0.15, 0.2) is 0 Å². The lowest BCUT2D eigenvalue weighted by molar-refractivity contribution is -0.125. The highest BCUT2D eigenvalue weighted by Gasteiger charge is 2.19. The molecule has 0 spiro atoms. The van der Waals surface area contributed by atoms with Crippen molar-refractivity contribution in [3.05, 3.63) is 12.2 Å². The van der Waals surface area contributed by atoms with E-state index in [0.29, 0.717) is 5.92 Å². The zero-order valence-electron chi connectivity index (χ0n) is 9.09. The number of allylic oxidation sites excluding steroid dienone is 1. The highest BCUT2D eigenvalue weighted by Crippen LogP contribution is 2.23. The van der Waals surface area contributed by atoms with Gasteiger partial charge in [-0.25, -0.2) is 0 Å². The van der Waals surface area contributed by atoms with Gasteiger partial charge in [-0.05, 0) is 26.2 Å². The zero-order chi connectivity index (χ0) is 10.2. The Hall–Kier alpha value is -0.790. The second kappa shape index (κ2) is 6.63. The first-order valence-electron chi connectivity index (χ1n) is 5.73. The summed E-state index contributed by atoms with van der Waals surface area (Å²) in [6, 6.07) is 0. The number of carbonyl (C=O) groups is 1. The van der Waals surface area contributed by atoms with Gasteiger partial charge in [0.05, 0.1) is 0 Å². The van der Waals surface area contributed by atoms with Gasteiger partial charge in [0, 0.05) is 12.5 Å². The molecule has 1 amide bonds. The minimum Gasteiger partial charge on any atom is -0.356 e. The third kappa shape index (κ3) is 3.95. The SMILES string of the molecule is C/C=C/CCNC(=O)C1CCCCC1. The van der Waals surface area contributed by atoms with Crippen molar-refractivity contribution in [1.29, 1.82) is 0 Å². The first kappa shape index (κ1) is 11.3. The molecule has 0 aliphatic heterocycles. The Balaban J connectivity index is 2.13. The maximum absolute atomic E-state index is 11.6. The van der Waals surface area contributed by atoms with Gasteiger partial charge < -0.3 is 5.32 Å². The quantitative estimate of drug-likeness (QED) is 0.542. The van der Waals surface area contributed by atoms with Crippen LogP contribution in [0.4, 0.5) is 0 Å². The van der Waals surface area contributed by atoms with Gasteiger partial charge in [-0.15, -0.1) is 0 Å². The Morgan fingerprint density at radius 1 is 1.36 bits per heavy atom. The summed E-state index contributed by atoms with van der Waals surface area (Å²) in [6.45, 7) is 2.79. The Bertz CT molecular complexity index is 192. The van der Waals surface area contributed by atoms with Crippen LogP contribution < -0.4 is 5.32 Å². The van der Waals surface area contributed by atoms with Crippen LogP contribution in [0.25, 0.3) is 0 Å². The van der Waals surface area contributed by atoms with Gasteiger partial charge >= 0.3 is 0 Å². The monoisotopic (exact) mass is 195 g/mol. The van der Waals surface area contributed by atoms with Crippen LogP contribution >= 0.6 is 0 Å². The van der Waals surface area contributed by atoms with Crippen molar-refractivity contribution in [2.24, 2.45) is 5.92 Å². The van der Waals surface area contributed by atoms with Crippen molar-refractivity contribution in [1.82, 2.24) is 5.32 Å². The molecular formula is C12H21NO. The summed E-state index contributed by atoms with van der Waals surface area (Å²) in [6.07, 6.45) is 11.0. The smallest absolute Gasteiger partial charge is 0.223 e. The summed E-state index contributed by atoms with van der Waals surface area (Å²) in [4.78, 5) is 11.6. The van der Waals surface area contributed by atoms with Crippen LogP contribution in [-0.2, 0) is 4.79 Å². The van der Waals surface area contributed by atoms with Crippen molar-refractivity contribution in [3.63, 3.8) is 0 Å². The molecule has 0 unspecified atom stereocenters. The van der Waals surface area contributed by atoms with Gasteiger partial charge in [0.25, 0.3) is 0 Å². The third-order valence-electron chi connectivity index (χ3n) is 2.82. The largest absolute Gasteiger partial charge is 0.356 e.